The molecule has 0 saturated heterocycles. The molecular formula is C10H14INO. The molecule has 72 valence electrons. The van der Waals surface area contributed by atoms with Crippen molar-refractivity contribution in [3.63, 3.8) is 0 Å². The van der Waals surface area contributed by atoms with E-state index in [1.165, 1.54) is 14.7 Å². The highest BCUT2D eigenvalue weighted by molar-refractivity contribution is 14.1. The molecule has 1 unspecified atom stereocenters. The molecule has 13 heavy (non-hydrogen) atoms. The molecule has 0 saturated carbocycles. The molecule has 1 rings (SSSR count). The lowest BCUT2D eigenvalue weighted by Gasteiger charge is -2.13. The predicted molar refractivity (Wildman–Crippen MR) is 62.7 cm³/mol. The molecule has 0 aliphatic heterocycles. The Bertz CT molecular complexity index is 288. The van der Waals surface area contributed by atoms with Crippen molar-refractivity contribution in [3.05, 3.63) is 32.9 Å². The summed E-state index contributed by atoms with van der Waals surface area (Å²) in [4.78, 5) is 0. The zero-order valence-electron chi connectivity index (χ0n) is 7.88. The fourth-order valence-corrected chi connectivity index (χ4v) is 1.99. The number of ether oxygens (including phenoxy) is 1. The molecule has 0 aliphatic rings. The largest absolute Gasteiger partial charge is 0.383 e. The molecule has 2 N–H and O–H groups in total. The van der Waals surface area contributed by atoms with Crippen LogP contribution in [-0.4, -0.2) is 13.7 Å². The maximum absolute atomic E-state index is 5.95. The van der Waals surface area contributed by atoms with E-state index in [2.05, 4.69) is 41.6 Å². The van der Waals surface area contributed by atoms with Gasteiger partial charge in [0.2, 0.25) is 0 Å². The van der Waals surface area contributed by atoms with E-state index in [9.17, 15) is 0 Å². The van der Waals surface area contributed by atoms with Crippen LogP contribution in [0.4, 0.5) is 0 Å². The molecule has 0 bridgehead atoms. The van der Waals surface area contributed by atoms with Crippen LogP contribution in [0.1, 0.15) is 17.2 Å². The summed E-state index contributed by atoms with van der Waals surface area (Å²) < 4.78 is 6.26. The van der Waals surface area contributed by atoms with Crippen molar-refractivity contribution in [1.29, 1.82) is 0 Å². The molecular weight excluding hydrogens is 277 g/mol. The van der Waals surface area contributed by atoms with Crippen LogP contribution >= 0.6 is 22.6 Å². The number of halogens is 1. The Morgan fingerprint density at radius 2 is 2.23 bits per heavy atom. The molecule has 0 radical (unpaired) electrons. The van der Waals surface area contributed by atoms with E-state index >= 15 is 0 Å². The van der Waals surface area contributed by atoms with Gasteiger partial charge in [-0.2, -0.15) is 0 Å². The molecule has 1 aromatic carbocycles. The smallest absolute Gasteiger partial charge is 0.0655 e. The van der Waals surface area contributed by atoms with Crippen molar-refractivity contribution in [1.82, 2.24) is 0 Å². The van der Waals surface area contributed by atoms with Crippen LogP contribution in [-0.2, 0) is 4.74 Å². The summed E-state index contributed by atoms with van der Waals surface area (Å²) in [6.07, 6.45) is 0. The van der Waals surface area contributed by atoms with Crippen molar-refractivity contribution in [2.75, 3.05) is 13.7 Å². The van der Waals surface area contributed by atoms with E-state index < -0.39 is 0 Å². The van der Waals surface area contributed by atoms with Gasteiger partial charge in [-0.3, -0.25) is 0 Å². The molecule has 0 amide bonds. The lowest BCUT2D eigenvalue weighted by Crippen LogP contribution is -2.17. The molecule has 0 aromatic heterocycles. The average Bonchev–Trinajstić information content (AvgIpc) is 2.10. The van der Waals surface area contributed by atoms with Gasteiger partial charge in [-0.1, -0.05) is 18.2 Å². The third-order valence-corrected chi connectivity index (χ3v) is 3.44. The first-order valence-electron chi connectivity index (χ1n) is 4.16. The minimum Gasteiger partial charge on any atom is -0.383 e. The van der Waals surface area contributed by atoms with E-state index in [0.717, 1.165) is 0 Å². The second kappa shape index (κ2) is 4.93. The quantitative estimate of drug-likeness (QED) is 0.867. The van der Waals surface area contributed by atoms with Crippen LogP contribution in [0.3, 0.4) is 0 Å². The van der Waals surface area contributed by atoms with E-state index in [-0.39, 0.29) is 6.04 Å². The monoisotopic (exact) mass is 291 g/mol. The van der Waals surface area contributed by atoms with E-state index in [1.54, 1.807) is 7.11 Å². The Balaban J connectivity index is 2.93. The highest BCUT2D eigenvalue weighted by Crippen LogP contribution is 2.21. The van der Waals surface area contributed by atoms with Gasteiger partial charge >= 0.3 is 0 Å². The van der Waals surface area contributed by atoms with Gasteiger partial charge in [0.15, 0.2) is 0 Å². The van der Waals surface area contributed by atoms with E-state index in [1.807, 2.05) is 6.07 Å². The van der Waals surface area contributed by atoms with Gasteiger partial charge in [-0.25, -0.2) is 0 Å². The average molecular weight is 291 g/mol. The maximum atomic E-state index is 5.95. The maximum Gasteiger partial charge on any atom is 0.0655 e. The standard InChI is InChI=1S/C10H14INO/c1-7-4-3-5-8(10(7)11)9(12)6-13-2/h3-5,9H,6,12H2,1-2H3. The highest BCUT2D eigenvalue weighted by Gasteiger charge is 2.09. The summed E-state index contributed by atoms with van der Waals surface area (Å²) in [6, 6.07) is 6.16. The Kier molecular flexibility index (Phi) is 4.15. The van der Waals surface area contributed by atoms with Gasteiger partial charge in [0.05, 0.1) is 12.6 Å². The van der Waals surface area contributed by atoms with Gasteiger partial charge in [-0.15, -0.1) is 0 Å². The Morgan fingerprint density at radius 1 is 1.54 bits per heavy atom. The first-order valence-corrected chi connectivity index (χ1v) is 5.24. The fraction of sp³-hybridized carbons (Fsp3) is 0.400. The van der Waals surface area contributed by atoms with Crippen LogP contribution in [0.25, 0.3) is 0 Å². The van der Waals surface area contributed by atoms with E-state index in [0.29, 0.717) is 6.61 Å². The minimum absolute atomic E-state index is 0.0169. The summed E-state index contributed by atoms with van der Waals surface area (Å²) in [5.74, 6) is 0. The summed E-state index contributed by atoms with van der Waals surface area (Å²) in [6.45, 7) is 2.66. The van der Waals surface area contributed by atoms with Crippen molar-refractivity contribution in [3.8, 4) is 0 Å². The molecule has 3 heteroatoms. The molecule has 1 atom stereocenters. The number of hydrogen-bond donors (Lipinski definition) is 1. The third kappa shape index (κ3) is 2.65. The second-order valence-electron chi connectivity index (χ2n) is 3.04. The lowest BCUT2D eigenvalue weighted by molar-refractivity contribution is 0.180. The predicted octanol–water partition coefficient (Wildman–Crippen LogP) is 2.25. The number of rotatable bonds is 3. The summed E-state index contributed by atoms with van der Waals surface area (Å²) in [7, 11) is 1.67. The Labute approximate surface area is 92.6 Å². The van der Waals surface area contributed by atoms with Crippen molar-refractivity contribution >= 4 is 22.6 Å². The number of hydrogen-bond acceptors (Lipinski definition) is 2. The van der Waals surface area contributed by atoms with Crippen LogP contribution in [0.5, 0.6) is 0 Å². The zero-order chi connectivity index (χ0) is 9.84. The van der Waals surface area contributed by atoms with Crippen LogP contribution < -0.4 is 5.73 Å². The number of benzene rings is 1. The van der Waals surface area contributed by atoms with Crippen LogP contribution in [0.15, 0.2) is 18.2 Å². The van der Waals surface area contributed by atoms with Gasteiger partial charge < -0.3 is 10.5 Å². The minimum atomic E-state index is -0.0169. The summed E-state index contributed by atoms with van der Waals surface area (Å²) in [5.41, 5.74) is 8.38. The highest BCUT2D eigenvalue weighted by atomic mass is 127. The summed E-state index contributed by atoms with van der Waals surface area (Å²) >= 11 is 2.32. The molecule has 1 aromatic rings. The number of aryl methyl sites for hydroxylation is 1. The molecule has 0 heterocycles. The van der Waals surface area contributed by atoms with Crippen molar-refractivity contribution < 1.29 is 4.74 Å². The number of nitrogens with two attached hydrogens (primary N) is 1. The van der Waals surface area contributed by atoms with Crippen molar-refractivity contribution in [2.24, 2.45) is 5.73 Å². The second-order valence-corrected chi connectivity index (χ2v) is 4.12. The first kappa shape index (κ1) is 10.9. The van der Waals surface area contributed by atoms with E-state index in [4.69, 9.17) is 10.5 Å². The van der Waals surface area contributed by atoms with Crippen LogP contribution in [0, 0.1) is 10.5 Å². The summed E-state index contributed by atoms with van der Waals surface area (Å²) in [5, 5.41) is 0. The van der Waals surface area contributed by atoms with Gasteiger partial charge in [0, 0.05) is 10.7 Å². The first-order chi connectivity index (χ1) is 6.16. The molecule has 2 nitrogen and oxygen atoms in total. The Morgan fingerprint density at radius 3 is 2.85 bits per heavy atom. The SMILES string of the molecule is COCC(N)c1cccc(C)c1I. The normalized spacial score (nSPS) is 12.9. The fourth-order valence-electron chi connectivity index (χ4n) is 1.23. The number of methoxy groups -OCH3 is 1. The van der Waals surface area contributed by atoms with Gasteiger partial charge in [0.1, 0.15) is 0 Å². The molecule has 0 spiro atoms. The molecule has 0 fully saturated rings. The third-order valence-electron chi connectivity index (χ3n) is 1.97. The van der Waals surface area contributed by atoms with Gasteiger partial charge in [0.25, 0.3) is 0 Å². The van der Waals surface area contributed by atoms with Crippen LogP contribution in [0.2, 0.25) is 0 Å². The topological polar surface area (TPSA) is 35.2 Å². The zero-order valence-corrected chi connectivity index (χ0v) is 10.0. The van der Waals surface area contributed by atoms with Gasteiger partial charge in [-0.05, 0) is 40.6 Å². The lowest BCUT2D eigenvalue weighted by atomic mass is 10.1. The Hall–Kier alpha value is -0.130. The van der Waals surface area contributed by atoms with Crippen molar-refractivity contribution in [2.45, 2.75) is 13.0 Å². The molecule has 0 aliphatic carbocycles.